The maximum absolute atomic E-state index is 13.5. The van der Waals surface area contributed by atoms with Crippen LogP contribution in [0.1, 0.15) is 30.1 Å². The van der Waals surface area contributed by atoms with Crippen LogP contribution in [0.4, 0.5) is 4.39 Å². The van der Waals surface area contributed by atoms with Gasteiger partial charge in [-0.3, -0.25) is 4.79 Å². The number of carbonyl (C=O) groups excluding carboxylic acids is 1. The van der Waals surface area contributed by atoms with Crippen LogP contribution >= 0.6 is 15.9 Å². The van der Waals surface area contributed by atoms with Gasteiger partial charge in [0.25, 0.3) is 5.91 Å². The molecule has 0 saturated heterocycles. The van der Waals surface area contributed by atoms with Gasteiger partial charge in [-0.05, 0) is 40.4 Å². The standard InChI is InChI=1S/C12H14BrFN2O3S/c1-2-6-3-10(6)16-20(18,19)11-4-7(12(15)17)9(14)5-8(11)13/h4-6,10,16H,2-3H2,1H3,(H2,15,17)/t6-,10-/m1/s1. The van der Waals surface area contributed by atoms with E-state index in [4.69, 9.17) is 5.73 Å². The summed E-state index contributed by atoms with van der Waals surface area (Å²) in [5, 5.41) is 0. The molecule has 0 heterocycles. The molecule has 2 rings (SSSR count). The minimum absolute atomic E-state index is 0.0567. The Balaban J connectivity index is 2.36. The van der Waals surface area contributed by atoms with Gasteiger partial charge in [-0.2, -0.15) is 0 Å². The number of carbonyl (C=O) groups is 1. The lowest BCUT2D eigenvalue weighted by atomic mass is 10.2. The molecule has 0 spiro atoms. The summed E-state index contributed by atoms with van der Waals surface area (Å²) in [5.74, 6) is -1.54. The highest BCUT2D eigenvalue weighted by molar-refractivity contribution is 9.10. The number of hydrogen-bond acceptors (Lipinski definition) is 3. The van der Waals surface area contributed by atoms with Gasteiger partial charge in [-0.1, -0.05) is 13.3 Å². The summed E-state index contributed by atoms with van der Waals surface area (Å²) < 4.78 is 40.6. The molecule has 1 aliphatic carbocycles. The molecule has 2 atom stereocenters. The van der Waals surface area contributed by atoms with E-state index in [1.807, 2.05) is 6.92 Å². The minimum atomic E-state index is -3.81. The molecule has 110 valence electrons. The number of amides is 1. The molecular formula is C12H14BrFN2O3S. The predicted molar refractivity (Wildman–Crippen MR) is 75.1 cm³/mol. The third-order valence-corrected chi connectivity index (χ3v) is 5.78. The number of nitrogens with two attached hydrogens (primary N) is 1. The molecule has 5 nitrogen and oxygen atoms in total. The number of hydrogen-bond donors (Lipinski definition) is 2. The molecule has 20 heavy (non-hydrogen) atoms. The fraction of sp³-hybridized carbons (Fsp3) is 0.417. The molecular weight excluding hydrogens is 351 g/mol. The third-order valence-electron chi connectivity index (χ3n) is 3.33. The minimum Gasteiger partial charge on any atom is -0.366 e. The molecule has 1 aromatic rings. The third kappa shape index (κ3) is 3.02. The highest BCUT2D eigenvalue weighted by Gasteiger charge is 2.39. The van der Waals surface area contributed by atoms with Crippen molar-refractivity contribution < 1.29 is 17.6 Å². The molecule has 3 N–H and O–H groups in total. The van der Waals surface area contributed by atoms with Crippen molar-refractivity contribution in [1.29, 1.82) is 0 Å². The van der Waals surface area contributed by atoms with Crippen LogP contribution in [-0.4, -0.2) is 20.4 Å². The smallest absolute Gasteiger partial charge is 0.251 e. The SMILES string of the molecule is CC[C@@H]1C[C@H]1NS(=O)(=O)c1cc(C(N)=O)c(F)cc1Br. The summed E-state index contributed by atoms with van der Waals surface area (Å²) in [4.78, 5) is 10.9. The summed E-state index contributed by atoms with van der Waals surface area (Å²) in [6.45, 7) is 1.98. The quantitative estimate of drug-likeness (QED) is 0.833. The van der Waals surface area contributed by atoms with Crippen molar-refractivity contribution in [3.63, 3.8) is 0 Å². The van der Waals surface area contributed by atoms with Crippen LogP contribution in [0.2, 0.25) is 0 Å². The molecule has 1 aliphatic rings. The summed E-state index contributed by atoms with van der Waals surface area (Å²) >= 11 is 3.00. The lowest BCUT2D eigenvalue weighted by Crippen LogP contribution is -2.28. The molecule has 8 heteroatoms. The highest BCUT2D eigenvalue weighted by Crippen LogP contribution is 2.35. The van der Waals surface area contributed by atoms with Crippen molar-refractivity contribution in [1.82, 2.24) is 4.72 Å². The summed E-state index contributed by atoms with van der Waals surface area (Å²) in [6, 6.07) is 1.78. The van der Waals surface area contributed by atoms with E-state index in [-0.39, 0.29) is 15.4 Å². The van der Waals surface area contributed by atoms with Crippen molar-refractivity contribution in [3.8, 4) is 0 Å². The Morgan fingerprint density at radius 2 is 2.20 bits per heavy atom. The van der Waals surface area contributed by atoms with Crippen LogP contribution in [0.25, 0.3) is 0 Å². The first-order chi connectivity index (χ1) is 9.26. The molecule has 1 amide bonds. The van der Waals surface area contributed by atoms with Gasteiger partial charge in [0.15, 0.2) is 0 Å². The summed E-state index contributed by atoms with van der Waals surface area (Å²) in [6.07, 6.45) is 1.68. The Labute approximate surface area is 124 Å². The molecule has 0 unspecified atom stereocenters. The van der Waals surface area contributed by atoms with Crippen LogP contribution in [0.15, 0.2) is 21.5 Å². The molecule has 0 bridgehead atoms. The second-order valence-electron chi connectivity index (χ2n) is 4.76. The van der Waals surface area contributed by atoms with E-state index in [0.717, 1.165) is 25.0 Å². The van der Waals surface area contributed by atoms with Crippen LogP contribution in [0.5, 0.6) is 0 Å². The number of rotatable bonds is 5. The molecule has 0 aliphatic heterocycles. The Morgan fingerprint density at radius 3 is 2.70 bits per heavy atom. The Bertz CT molecular complexity index is 663. The van der Waals surface area contributed by atoms with Gasteiger partial charge in [-0.15, -0.1) is 0 Å². The first kappa shape index (κ1) is 15.4. The molecule has 1 saturated carbocycles. The van der Waals surface area contributed by atoms with Crippen molar-refractivity contribution in [2.45, 2.75) is 30.7 Å². The van der Waals surface area contributed by atoms with Gasteiger partial charge in [0.2, 0.25) is 10.0 Å². The second kappa shape index (κ2) is 5.42. The van der Waals surface area contributed by atoms with Crippen molar-refractivity contribution in [2.75, 3.05) is 0 Å². The van der Waals surface area contributed by atoms with Crippen molar-refractivity contribution >= 4 is 31.9 Å². The van der Waals surface area contributed by atoms with E-state index < -0.39 is 27.3 Å². The van der Waals surface area contributed by atoms with Gasteiger partial charge >= 0.3 is 0 Å². The topological polar surface area (TPSA) is 89.3 Å². The Morgan fingerprint density at radius 1 is 1.55 bits per heavy atom. The largest absolute Gasteiger partial charge is 0.366 e. The summed E-state index contributed by atoms with van der Waals surface area (Å²) in [7, 11) is -3.81. The van der Waals surface area contributed by atoms with Crippen LogP contribution < -0.4 is 10.5 Å². The van der Waals surface area contributed by atoms with Crippen LogP contribution in [0.3, 0.4) is 0 Å². The monoisotopic (exact) mass is 364 g/mol. The maximum atomic E-state index is 13.5. The predicted octanol–water partition coefficient (Wildman–Crippen LogP) is 1.76. The van der Waals surface area contributed by atoms with Gasteiger partial charge in [-0.25, -0.2) is 17.5 Å². The van der Waals surface area contributed by atoms with Gasteiger partial charge in [0.05, 0.1) is 10.5 Å². The average Bonchev–Trinajstić information content (AvgIpc) is 3.05. The highest BCUT2D eigenvalue weighted by atomic mass is 79.9. The normalized spacial score (nSPS) is 21.8. The number of primary amides is 1. The molecule has 1 aromatic carbocycles. The van der Waals surface area contributed by atoms with E-state index in [2.05, 4.69) is 20.7 Å². The molecule has 0 aromatic heterocycles. The first-order valence-corrected chi connectivity index (χ1v) is 8.35. The van der Waals surface area contributed by atoms with Gasteiger partial charge in [0.1, 0.15) is 5.82 Å². The van der Waals surface area contributed by atoms with E-state index in [0.29, 0.717) is 5.92 Å². The zero-order chi connectivity index (χ0) is 15.1. The number of halogens is 2. The van der Waals surface area contributed by atoms with Gasteiger partial charge < -0.3 is 5.73 Å². The van der Waals surface area contributed by atoms with E-state index in [1.165, 1.54) is 0 Å². The molecule has 0 radical (unpaired) electrons. The van der Waals surface area contributed by atoms with E-state index in [1.54, 1.807) is 0 Å². The Hall–Kier alpha value is -0.990. The van der Waals surface area contributed by atoms with Crippen LogP contribution in [-0.2, 0) is 10.0 Å². The Kier molecular flexibility index (Phi) is 4.17. The fourth-order valence-electron chi connectivity index (χ4n) is 2.03. The number of nitrogens with one attached hydrogen (secondary N) is 1. The lowest BCUT2D eigenvalue weighted by molar-refractivity contribution is 0.0996. The molecule has 1 fully saturated rings. The second-order valence-corrected chi connectivity index (χ2v) is 7.30. The average molecular weight is 365 g/mol. The lowest BCUT2D eigenvalue weighted by Gasteiger charge is -2.10. The fourth-order valence-corrected chi connectivity index (χ4v) is 4.39. The van der Waals surface area contributed by atoms with Crippen molar-refractivity contribution in [2.24, 2.45) is 11.7 Å². The first-order valence-electron chi connectivity index (χ1n) is 6.07. The van der Waals surface area contributed by atoms with E-state index >= 15 is 0 Å². The zero-order valence-electron chi connectivity index (χ0n) is 10.7. The number of sulfonamides is 1. The van der Waals surface area contributed by atoms with E-state index in [9.17, 15) is 17.6 Å². The maximum Gasteiger partial charge on any atom is 0.251 e. The number of benzene rings is 1. The zero-order valence-corrected chi connectivity index (χ0v) is 13.1. The van der Waals surface area contributed by atoms with Crippen molar-refractivity contribution in [3.05, 3.63) is 28.0 Å². The summed E-state index contributed by atoms with van der Waals surface area (Å²) in [5.41, 5.74) is 4.58. The van der Waals surface area contributed by atoms with Gasteiger partial charge in [0, 0.05) is 10.5 Å². The van der Waals surface area contributed by atoms with Crippen LogP contribution in [0, 0.1) is 11.7 Å².